The summed E-state index contributed by atoms with van der Waals surface area (Å²) >= 11 is 2.16. The summed E-state index contributed by atoms with van der Waals surface area (Å²) in [6.45, 7) is 2.06. The number of hydrogen-bond donors (Lipinski definition) is 3. The van der Waals surface area contributed by atoms with Crippen LogP contribution in [0.2, 0.25) is 0 Å². The van der Waals surface area contributed by atoms with Crippen LogP contribution in [0, 0.1) is 9.49 Å². The Bertz CT molecular complexity index is 780. The van der Waals surface area contributed by atoms with E-state index in [0.29, 0.717) is 23.8 Å². The fourth-order valence-electron chi connectivity index (χ4n) is 3.54. The third-order valence-corrected chi connectivity index (χ3v) is 6.16. The highest BCUT2D eigenvalue weighted by Gasteiger charge is 2.41. The largest absolute Gasteiger partial charge is 0.482 e. The minimum absolute atomic E-state index is 0.119. The highest BCUT2D eigenvalue weighted by Crippen LogP contribution is 2.34. The molecule has 3 atom stereocenters. The molecule has 2 amide bonds. The van der Waals surface area contributed by atoms with Gasteiger partial charge in [-0.25, -0.2) is 0 Å². The Kier molecular flexibility index (Phi) is 7.53. The van der Waals surface area contributed by atoms with Crippen LogP contribution >= 0.6 is 22.6 Å². The van der Waals surface area contributed by atoms with Crippen LogP contribution in [0.25, 0.3) is 0 Å². The predicted octanol–water partition coefficient (Wildman–Crippen LogP) is 1.47. The van der Waals surface area contributed by atoms with Gasteiger partial charge in [-0.2, -0.15) is 0 Å². The van der Waals surface area contributed by atoms with Gasteiger partial charge in [0.15, 0.2) is 0 Å². The molecule has 0 spiro atoms. The normalized spacial score (nSPS) is 23.9. The lowest BCUT2D eigenvalue weighted by Crippen LogP contribution is -2.55. The van der Waals surface area contributed by atoms with Crippen LogP contribution in [-0.2, 0) is 9.59 Å². The molecular formula is C21H27IN2O5. The number of aliphatic hydroxyl groups excluding tert-OH is 2. The third kappa shape index (κ3) is 5.70. The molecule has 2 aliphatic rings. The summed E-state index contributed by atoms with van der Waals surface area (Å²) in [4.78, 5) is 26.6. The quantitative estimate of drug-likeness (QED) is 0.457. The average molecular weight is 514 g/mol. The third-order valence-electron chi connectivity index (χ3n) is 5.27. The number of carbonyl (C=O) groups excluding carboxylic acids is 2. The molecule has 8 heteroatoms. The predicted molar refractivity (Wildman–Crippen MR) is 116 cm³/mol. The van der Waals surface area contributed by atoms with Crippen molar-refractivity contribution in [3.05, 3.63) is 39.5 Å². The topological polar surface area (TPSA) is 99.1 Å². The molecule has 0 aliphatic heterocycles. The van der Waals surface area contributed by atoms with Gasteiger partial charge in [0, 0.05) is 32.0 Å². The van der Waals surface area contributed by atoms with Gasteiger partial charge in [0.1, 0.15) is 18.0 Å². The van der Waals surface area contributed by atoms with Crippen molar-refractivity contribution in [1.82, 2.24) is 10.2 Å². The number of aliphatic hydroxyl groups is 2. The molecule has 3 N–H and O–H groups in total. The van der Waals surface area contributed by atoms with Crippen LogP contribution in [0.1, 0.15) is 26.2 Å². The van der Waals surface area contributed by atoms with E-state index < -0.39 is 18.2 Å². The van der Waals surface area contributed by atoms with Crippen molar-refractivity contribution < 1.29 is 24.5 Å². The van der Waals surface area contributed by atoms with E-state index in [1.54, 1.807) is 11.0 Å². The van der Waals surface area contributed by atoms with Crippen LogP contribution in [0.3, 0.4) is 0 Å². The molecule has 29 heavy (non-hydrogen) atoms. The smallest absolute Gasteiger partial charge is 0.247 e. The van der Waals surface area contributed by atoms with Crippen LogP contribution in [0.4, 0.5) is 0 Å². The summed E-state index contributed by atoms with van der Waals surface area (Å²) in [6, 6.07) is 6.91. The highest BCUT2D eigenvalue weighted by atomic mass is 127. The van der Waals surface area contributed by atoms with Crippen LogP contribution in [-0.4, -0.2) is 64.9 Å². The Morgan fingerprint density at radius 2 is 2.03 bits per heavy atom. The van der Waals surface area contributed by atoms with E-state index >= 15 is 0 Å². The molecule has 7 nitrogen and oxygen atoms in total. The van der Waals surface area contributed by atoms with Gasteiger partial charge in [-0.15, -0.1) is 0 Å². The molecule has 1 aromatic rings. The number of nitrogens with one attached hydrogen (secondary N) is 1. The van der Waals surface area contributed by atoms with Gasteiger partial charge in [-0.1, -0.05) is 12.1 Å². The summed E-state index contributed by atoms with van der Waals surface area (Å²) in [5.74, 6) is 0.632. The molecule has 1 aromatic carbocycles. The standard InChI is InChI=1S/C21H27IN2O5/c1-13(26)24(12-14-6-7-14)17-10-15(21(28)23-8-9-25)11-19(20(17)27)29-18-5-3-2-4-16(18)22/h2-5,11,14,17,19-20,25,27H,6-10,12H2,1H3,(H,23,28). The summed E-state index contributed by atoms with van der Waals surface area (Å²) in [5.41, 5.74) is 0.451. The first-order chi connectivity index (χ1) is 13.9. The number of halogens is 1. The van der Waals surface area contributed by atoms with E-state index in [4.69, 9.17) is 9.84 Å². The van der Waals surface area contributed by atoms with Gasteiger partial charge in [0.2, 0.25) is 11.8 Å². The van der Waals surface area contributed by atoms with Gasteiger partial charge in [-0.05, 0) is 59.6 Å². The Morgan fingerprint density at radius 3 is 2.66 bits per heavy atom. The van der Waals surface area contributed by atoms with Crippen LogP contribution in [0.15, 0.2) is 35.9 Å². The minimum atomic E-state index is -0.956. The zero-order chi connectivity index (χ0) is 21.0. The number of hydrogen-bond acceptors (Lipinski definition) is 5. The van der Waals surface area contributed by atoms with Gasteiger partial charge in [0.25, 0.3) is 0 Å². The Balaban J connectivity index is 1.87. The van der Waals surface area contributed by atoms with E-state index in [-0.39, 0.29) is 31.4 Å². The molecule has 158 valence electrons. The molecule has 0 aromatic heterocycles. The van der Waals surface area contributed by atoms with Crippen molar-refractivity contribution in [2.24, 2.45) is 5.92 Å². The van der Waals surface area contributed by atoms with E-state index in [0.717, 1.165) is 16.4 Å². The first-order valence-electron chi connectivity index (χ1n) is 9.87. The monoisotopic (exact) mass is 514 g/mol. The number of nitrogens with zero attached hydrogens (tertiary/aromatic N) is 1. The molecule has 1 fully saturated rings. The zero-order valence-corrected chi connectivity index (χ0v) is 18.5. The van der Waals surface area contributed by atoms with E-state index in [1.165, 1.54) is 6.92 Å². The molecule has 0 radical (unpaired) electrons. The second-order valence-corrected chi connectivity index (χ2v) is 8.72. The van der Waals surface area contributed by atoms with Crippen molar-refractivity contribution in [3.63, 3.8) is 0 Å². The maximum atomic E-state index is 12.6. The van der Waals surface area contributed by atoms with Crippen LogP contribution < -0.4 is 10.1 Å². The lowest BCUT2D eigenvalue weighted by atomic mass is 9.88. The lowest BCUT2D eigenvalue weighted by molar-refractivity contribution is -0.136. The molecule has 2 aliphatic carbocycles. The Morgan fingerprint density at radius 1 is 1.31 bits per heavy atom. The highest BCUT2D eigenvalue weighted by molar-refractivity contribution is 14.1. The van der Waals surface area contributed by atoms with Crippen molar-refractivity contribution in [1.29, 1.82) is 0 Å². The van der Waals surface area contributed by atoms with Gasteiger partial charge in [-0.3, -0.25) is 9.59 Å². The van der Waals surface area contributed by atoms with Crippen molar-refractivity contribution in [3.8, 4) is 5.75 Å². The summed E-state index contributed by atoms with van der Waals surface area (Å²) in [7, 11) is 0. The first-order valence-corrected chi connectivity index (χ1v) is 10.9. The zero-order valence-electron chi connectivity index (χ0n) is 16.4. The summed E-state index contributed by atoms with van der Waals surface area (Å²) in [5, 5.41) is 22.7. The number of ether oxygens (including phenoxy) is 1. The van der Waals surface area contributed by atoms with Gasteiger partial charge < -0.3 is 25.2 Å². The number of carbonyl (C=O) groups is 2. The van der Waals surface area contributed by atoms with E-state index in [1.807, 2.05) is 24.3 Å². The Hall–Kier alpha value is -1.65. The average Bonchev–Trinajstić information content (AvgIpc) is 3.51. The van der Waals surface area contributed by atoms with E-state index in [2.05, 4.69) is 27.9 Å². The van der Waals surface area contributed by atoms with E-state index in [9.17, 15) is 14.7 Å². The molecule has 1 saturated carbocycles. The fraction of sp³-hybridized carbons (Fsp3) is 0.524. The minimum Gasteiger partial charge on any atom is -0.482 e. The Labute approximate surface area is 184 Å². The molecule has 3 rings (SSSR count). The number of benzene rings is 1. The number of amides is 2. The van der Waals surface area contributed by atoms with Gasteiger partial charge >= 0.3 is 0 Å². The van der Waals surface area contributed by atoms with Crippen LogP contribution in [0.5, 0.6) is 5.75 Å². The second kappa shape index (κ2) is 9.90. The number of rotatable bonds is 8. The fourth-order valence-corrected chi connectivity index (χ4v) is 4.06. The van der Waals surface area contributed by atoms with Crippen molar-refractivity contribution in [2.75, 3.05) is 19.7 Å². The molecular weight excluding hydrogens is 487 g/mol. The van der Waals surface area contributed by atoms with Gasteiger partial charge in [0.05, 0.1) is 16.2 Å². The van der Waals surface area contributed by atoms with Crippen molar-refractivity contribution >= 4 is 34.4 Å². The summed E-state index contributed by atoms with van der Waals surface area (Å²) in [6.07, 6.45) is 2.31. The van der Waals surface area contributed by atoms with Crippen molar-refractivity contribution in [2.45, 2.75) is 44.4 Å². The maximum Gasteiger partial charge on any atom is 0.247 e. The SMILES string of the molecule is CC(=O)N(CC1CC1)C1CC(C(=O)NCCO)=CC(Oc2ccccc2I)C1O. The second-order valence-electron chi connectivity index (χ2n) is 7.56. The molecule has 0 heterocycles. The molecule has 0 bridgehead atoms. The molecule has 3 unspecified atom stereocenters. The first kappa shape index (κ1) is 22.0. The summed E-state index contributed by atoms with van der Waals surface area (Å²) < 4.78 is 6.95. The maximum absolute atomic E-state index is 12.6. The lowest BCUT2D eigenvalue weighted by Gasteiger charge is -2.40. The molecule has 0 saturated heterocycles. The number of para-hydroxylation sites is 1.